The van der Waals surface area contributed by atoms with Crippen LogP contribution in [0.15, 0.2) is 17.7 Å². The van der Waals surface area contributed by atoms with Crippen LogP contribution in [-0.2, 0) is 14.3 Å². The molecule has 4 unspecified atom stereocenters. The Hall–Kier alpha value is -1.75. The van der Waals surface area contributed by atoms with Crippen LogP contribution in [0.2, 0.25) is 0 Å². The molecule has 1 fully saturated rings. The number of hydrogen-bond acceptors (Lipinski definition) is 9. The highest BCUT2D eigenvalue weighted by atomic mass is 32.2. The van der Waals surface area contributed by atoms with Crippen LogP contribution in [-0.4, -0.2) is 66.9 Å². The number of imidazole rings is 1. The maximum Gasteiger partial charge on any atom is 0.305 e. The lowest BCUT2D eigenvalue weighted by molar-refractivity contribution is -0.144. The number of nitrogens with zero attached hydrogens (tertiary/aromatic N) is 4. The van der Waals surface area contributed by atoms with Crippen LogP contribution in [0.1, 0.15) is 26.0 Å². The smallest absolute Gasteiger partial charge is 0.305 e. The van der Waals surface area contributed by atoms with Crippen molar-refractivity contribution < 1.29 is 24.5 Å². The van der Waals surface area contributed by atoms with Gasteiger partial charge in [-0.2, -0.15) is 0 Å². The van der Waals surface area contributed by atoms with E-state index in [0.717, 1.165) is 5.03 Å². The van der Waals surface area contributed by atoms with Crippen molar-refractivity contribution in [2.75, 3.05) is 12.9 Å². The zero-order valence-electron chi connectivity index (χ0n) is 13.9. The summed E-state index contributed by atoms with van der Waals surface area (Å²) in [6.07, 6.45) is 1.40. The van der Waals surface area contributed by atoms with Crippen LogP contribution in [0.25, 0.3) is 11.2 Å². The Bertz CT molecular complexity index is 755. The Morgan fingerprint density at radius 3 is 2.88 bits per heavy atom. The Morgan fingerprint density at radius 1 is 1.36 bits per heavy atom. The Kier molecular flexibility index (Phi) is 5.52. The summed E-state index contributed by atoms with van der Waals surface area (Å²) in [7, 11) is 0. The second-order valence-corrected chi connectivity index (χ2v) is 6.39. The van der Waals surface area contributed by atoms with Gasteiger partial charge in [0.15, 0.2) is 11.9 Å². The van der Waals surface area contributed by atoms with Crippen molar-refractivity contribution in [3.63, 3.8) is 0 Å². The molecule has 2 aromatic rings. The number of rotatable bonds is 6. The van der Waals surface area contributed by atoms with Gasteiger partial charge in [-0.05, 0) is 19.6 Å². The van der Waals surface area contributed by atoms with Crippen LogP contribution in [0.5, 0.6) is 0 Å². The molecule has 10 heteroatoms. The topological polar surface area (TPSA) is 120 Å². The SMILES string of the molecule is CCOC(=O)CCC1OC(n2cnc3c(SC)ncnc32)C(O)C1O. The van der Waals surface area contributed by atoms with Gasteiger partial charge in [-0.25, -0.2) is 15.0 Å². The summed E-state index contributed by atoms with van der Waals surface area (Å²) in [6.45, 7) is 2.03. The van der Waals surface area contributed by atoms with Gasteiger partial charge in [0, 0.05) is 6.42 Å². The molecular weight excluding hydrogens is 348 g/mol. The van der Waals surface area contributed by atoms with Gasteiger partial charge < -0.3 is 19.7 Å². The molecule has 3 rings (SSSR count). The van der Waals surface area contributed by atoms with Gasteiger partial charge >= 0.3 is 5.97 Å². The van der Waals surface area contributed by atoms with Gasteiger partial charge in [0.05, 0.1) is 19.0 Å². The van der Waals surface area contributed by atoms with Crippen molar-refractivity contribution in [2.45, 2.75) is 49.3 Å². The van der Waals surface area contributed by atoms with Crippen molar-refractivity contribution >= 4 is 28.9 Å². The van der Waals surface area contributed by atoms with Gasteiger partial charge in [0.25, 0.3) is 0 Å². The number of fused-ring (bicyclic) bond motifs is 1. The number of esters is 1. The minimum absolute atomic E-state index is 0.110. The minimum Gasteiger partial charge on any atom is -0.466 e. The van der Waals surface area contributed by atoms with Gasteiger partial charge in [-0.3, -0.25) is 9.36 Å². The van der Waals surface area contributed by atoms with Crippen LogP contribution >= 0.6 is 11.8 Å². The molecule has 25 heavy (non-hydrogen) atoms. The van der Waals surface area contributed by atoms with Crippen molar-refractivity contribution in [1.82, 2.24) is 19.5 Å². The number of aliphatic hydroxyl groups is 2. The summed E-state index contributed by atoms with van der Waals surface area (Å²) >= 11 is 1.44. The van der Waals surface area contributed by atoms with Crippen LogP contribution in [0.4, 0.5) is 0 Å². The zero-order valence-corrected chi connectivity index (χ0v) is 14.7. The van der Waals surface area contributed by atoms with E-state index in [0.29, 0.717) is 17.8 Å². The van der Waals surface area contributed by atoms with Crippen LogP contribution in [0, 0.1) is 0 Å². The molecule has 0 radical (unpaired) electrons. The largest absolute Gasteiger partial charge is 0.466 e. The van der Waals surface area contributed by atoms with Gasteiger partial charge in [-0.1, -0.05) is 0 Å². The van der Waals surface area contributed by atoms with E-state index in [1.165, 1.54) is 24.4 Å². The molecular formula is C15H20N4O5S. The summed E-state index contributed by atoms with van der Waals surface area (Å²) in [5.41, 5.74) is 1.12. The molecule has 4 atom stereocenters. The summed E-state index contributed by atoms with van der Waals surface area (Å²) in [4.78, 5) is 24.1. The summed E-state index contributed by atoms with van der Waals surface area (Å²) < 4.78 is 12.2. The highest BCUT2D eigenvalue weighted by molar-refractivity contribution is 7.98. The molecule has 2 aromatic heterocycles. The highest BCUT2D eigenvalue weighted by Gasteiger charge is 2.44. The third-order valence-corrected chi connectivity index (χ3v) is 4.75. The fraction of sp³-hybridized carbons (Fsp3) is 0.600. The Labute approximate surface area is 148 Å². The van der Waals surface area contributed by atoms with E-state index in [4.69, 9.17) is 9.47 Å². The van der Waals surface area contributed by atoms with E-state index in [1.54, 1.807) is 11.5 Å². The number of aromatic nitrogens is 4. The van der Waals surface area contributed by atoms with Crippen molar-refractivity contribution in [1.29, 1.82) is 0 Å². The first-order valence-corrected chi connectivity index (χ1v) is 9.18. The fourth-order valence-corrected chi connectivity index (χ4v) is 3.35. The Morgan fingerprint density at radius 2 is 2.16 bits per heavy atom. The van der Waals surface area contributed by atoms with Gasteiger partial charge in [-0.15, -0.1) is 11.8 Å². The quantitative estimate of drug-likeness (QED) is 0.427. The summed E-state index contributed by atoms with van der Waals surface area (Å²) in [6, 6.07) is 0. The second-order valence-electron chi connectivity index (χ2n) is 5.60. The number of carbonyl (C=O) groups is 1. The first kappa shape index (κ1) is 18.1. The van der Waals surface area contributed by atoms with E-state index in [1.807, 2.05) is 6.26 Å². The second kappa shape index (κ2) is 7.65. The van der Waals surface area contributed by atoms with Crippen LogP contribution in [0.3, 0.4) is 0 Å². The molecule has 0 aromatic carbocycles. The number of carbonyl (C=O) groups excluding carboxylic acids is 1. The maximum atomic E-state index is 11.5. The van der Waals surface area contributed by atoms with Gasteiger partial charge in [0.1, 0.15) is 29.1 Å². The van der Waals surface area contributed by atoms with Crippen molar-refractivity contribution in [3.8, 4) is 0 Å². The monoisotopic (exact) mass is 368 g/mol. The third-order valence-electron chi connectivity index (χ3n) is 4.07. The molecule has 136 valence electrons. The minimum atomic E-state index is -1.16. The summed E-state index contributed by atoms with van der Waals surface area (Å²) in [5, 5.41) is 21.3. The first-order chi connectivity index (χ1) is 12.1. The first-order valence-electron chi connectivity index (χ1n) is 7.95. The highest BCUT2D eigenvalue weighted by Crippen LogP contribution is 2.34. The zero-order chi connectivity index (χ0) is 18.0. The number of ether oxygens (including phenoxy) is 2. The predicted molar refractivity (Wildman–Crippen MR) is 88.9 cm³/mol. The molecule has 0 amide bonds. The normalized spacial score (nSPS) is 26.2. The van der Waals surface area contributed by atoms with Gasteiger partial charge in [0.2, 0.25) is 0 Å². The maximum absolute atomic E-state index is 11.5. The average molecular weight is 368 g/mol. The van der Waals surface area contributed by atoms with E-state index >= 15 is 0 Å². The number of hydrogen-bond donors (Lipinski definition) is 2. The molecule has 1 saturated heterocycles. The molecule has 2 N–H and O–H groups in total. The number of thioether (sulfide) groups is 1. The van der Waals surface area contributed by atoms with Crippen molar-refractivity contribution in [3.05, 3.63) is 12.7 Å². The molecule has 1 aliphatic heterocycles. The third kappa shape index (κ3) is 3.47. The molecule has 0 spiro atoms. The summed E-state index contributed by atoms with van der Waals surface area (Å²) in [5.74, 6) is -0.360. The average Bonchev–Trinajstić information content (AvgIpc) is 3.15. The number of aliphatic hydroxyl groups excluding tert-OH is 2. The van der Waals surface area contributed by atoms with Crippen molar-refractivity contribution in [2.24, 2.45) is 0 Å². The Balaban J connectivity index is 1.78. The van der Waals surface area contributed by atoms with E-state index in [2.05, 4.69) is 15.0 Å². The van der Waals surface area contributed by atoms with E-state index < -0.39 is 24.5 Å². The lowest BCUT2D eigenvalue weighted by Gasteiger charge is -2.16. The predicted octanol–water partition coefficient (Wildman–Crippen LogP) is 0.511. The standard InChI is InChI=1S/C15H20N4O5S/c1-3-23-9(20)5-4-8-11(21)12(22)15(24-8)19-7-18-10-13(19)16-6-17-14(10)25-2/h6-8,11-12,15,21-22H,3-5H2,1-2H3. The molecule has 0 bridgehead atoms. The lowest BCUT2D eigenvalue weighted by atomic mass is 10.1. The fourth-order valence-electron chi connectivity index (χ4n) is 2.86. The molecule has 3 heterocycles. The molecule has 0 aliphatic carbocycles. The molecule has 9 nitrogen and oxygen atoms in total. The van der Waals surface area contributed by atoms with Crippen LogP contribution < -0.4 is 0 Å². The lowest BCUT2D eigenvalue weighted by Crippen LogP contribution is -2.31. The molecule has 0 saturated carbocycles. The van der Waals surface area contributed by atoms with E-state index in [9.17, 15) is 15.0 Å². The molecule has 1 aliphatic rings. The van der Waals surface area contributed by atoms with E-state index in [-0.39, 0.29) is 18.8 Å².